The van der Waals surface area contributed by atoms with E-state index in [-0.39, 0.29) is 11.2 Å². The molecule has 0 amide bonds. The Kier molecular flexibility index (Phi) is 3.26. The first-order valence-corrected chi connectivity index (χ1v) is 4.71. The van der Waals surface area contributed by atoms with Crippen LogP contribution in [-0.2, 0) is 0 Å². The van der Waals surface area contributed by atoms with Gasteiger partial charge in [-0.25, -0.2) is 4.39 Å². The van der Waals surface area contributed by atoms with Crippen molar-refractivity contribution < 1.29 is 9.18 Å². The zero-order chi connectivity index (χ0) is 11.5. The summed E-state index contributed by atoms with van der Waals surface area (Å²) in [7, 11) is 0. The van der Waals surface area contributed by atoms with Crippen LogP contribution in [0.4, 0.5) is 4.39 Å². The molecule has 2 heteroatoms. The van der Waals surface area contributed by atoms with Crippen LogP contribution in [0.2, 0.25) is 0 Å². The monoisotopic (exact) mass is 204 g/mol. The van der Waals surface area contributed by atoms with Crippen molar-refractivity contribution >= 4 is 5.78 Å². The van der Waals surface area contributed by atoms with Crippen molar-refractivity contribution in [2.45, 2.75) is 20.8 Å². The predicted octanol–water partition coefficient (Wildman–Crippen LogP) is 3.06. The van der Waals surface area contributed by atoms with Crippen molar-refractivity contribution in [2.75, 3.05) is 0 Å². The van der Waals surface area contributed by atoms with Gasteiger partial charge in [0, 0.05) is 11.0 Å². The molecule has 15 heavy (non-hydrogen) atoms. The van der Waals surface area contributed by atoms with Gasteiger partial charge in [0.25, 0.3) is 0 Å². The van der Waals surface area contributed by atoms with Gasteiger partial charge in [-0.05, 0) is 38.8 Å². The SMILES string of the molecule is CC(C)(C)C#CC(=O)c1cccc(F)c1. The van der Waals surface area contributed by atoms with Crippen LogP contribution >= 0.6 is 0 Å². The zero-order valence-electron chi connectivity index (χ0n) is 9.10. The second kappa shape index (κ2) is 4.27. The number of Topliss-reactive ketones (excluding diaryl/α,β-unsaturated/α-hetero) is 1. The maximum atomic E-state index is 12.8. The van der Waals surface area contributed by atoms with Gasteiger partial charge in [0.15, 0.2) is 0 Å². The van der Waals surface area contributed by atoms with E-state index < -0.39 is 5.82 Å². The van der Waals surface area contributed by atoms with Crippen molar-refractivity contribution in [1.29, 1.82) is 0 Å². The van der Waals surface area contributed by atoms with E-state index in [4.69, 9.17) is 0 Å². The third-order valence-electron chi connectivity index (χ3n) is 1.64. The Bertz CT molecular complexity index is 430. The highest BCUT2D eigenvalue weighted by Crippen LogP contribution is 2.10. The summed E-state index contributed by atoms with van der Waals surface area (Å²) in [6.07, 6.45) is 0. The van der Waals surface area contributed by atoms with Gasteiger partial charge in [-0.15, -0.1) is 0 Å². The van der Waals surface area contributed by atoms with E-state index in [0.29, 0.717) is 5.56 Å². The Morgan fingerprint density at radius 1 is 1.33 bits per heavy atom. The number of carbonyl (C=O) groups excluding carboxylic acids is 1. The molecule has 0 unspecified atom stereocenters. The van der Waals surface area contributed by atoms with Gasteiger partial charge in [0.05, 0.1) is 0 Å². The summed E-state index contributed by atoms with van der Waals surface area (Å²) in [5.41, 5.74) is 0.0787. The highest BCUT2D eigenvalue weighted by molar-refractivity contribution is 6.09. The topological polar surface area (TPSA) is 17.1 Å². The Balaban J connectivity index is 2.90. The van der Waals surface area contributed by atoms with E-state index in [1.54, 1.807) is 6.07 Å². The van der Waals surface area contributed by atoms with Gasteiger partial charge in [-0.2, -0.15) is 0 Å². The molecule has 1 aromatic carbocycles. The minimum absolute atomic E-state index is 0.219. The second-order valence-electron chi connectivity index (χ2n) is 4.34. The Morgan fingerprint density at radius 2 is 2.00 bits per heavy atom. The molecule has 0 aliphatic rings. The van der Waals surface area contributed by atoms with E-state index in [0.717, 1.165) is 0 Å². The molecular weight excluding hydrogens is 191 g/mol. The molecule has 0 aliphatic heterocycles. The Labute approximate surface area is 89.3 Å². The van der Waals surface area contributed by atoms with Gasteiger partial charge >= 0.3 is 0 Å². The van der Waals surface area contributed by atoms with Gasteiger partial charge in [-0.3, -0.25) is 4.79 Å². The van der Waals surface area contributed by atoms with Crippen molar-refractivity contribution in [3.05, 3.63) is 35.6 Å². The molecule has 1 aromatic rings. The first-order chi connectivity index (χ1) is 6.88. The highest BCUT2D eigenvalue weighted by Gasteiger charge is 2.06. The quantitative estimate of drug-likeness (QED) is 0.390. The molecular formula is C13H13FO. The average Bonchev–Trinajstić information content (AvgIpc) is 2.13. The molecule has 0 fully saturated rings. The van der Waals surface area contributed by atoms with Gasteiger partial charge in [0.1, 0.15) is 5.82 Å². The lowest BCUT2D eigenvalue weighted by Gasteiger charge is -2.06. The fourth-order valence-electron chi connectivity index (χ4n) is 0.946. The number of benzene rings is 1. The van der Waals surface area contributed by atoms with E-state index in [9.17, 15) is 9.18 Å². The lowest BCUT2D eigenvalue weighted by atomic mass is 9.97. The van der Waals surface area contributed by atoms with Crippen molar-refractivity contribution in [1.82, 2.24) is 0 Å². The van der Waals surface area contributed by atoms with Crippen LogP contribution in [-0.4, -0.2) is 5.78 Å². The summed E-state index contributed by atoms with van der Waals surface area (Å²) in [4.78, 5) is 11.5. The van der Waals surface area contributed by atoms with Crippen molar-refractivity contribution in [2.24, 2.45) is 5.41 Å². The second-order valence-corrected chi connectivity index (χ2v) is 4.34. The van der Waals surface area contributed by atoms with Gasteiger partial charge in [-0.1, -0.05) is 18.1 Å². The summed E-state index contributed by atoms with van der Waals surface area (Å²) in [6.45, 7) is 5.75. The third kappa shape index (κ3) is 3.95. The largest absolute Gasteiger partial charge is 0.279 e. The summed E-state index contributed by atoms with van der Waals surface area (Å²) >= 11 is 0. The highest BCUT2D eigenvalue weighted by atomic mass is 19.1. The van der Waals surface area contributed by atoms with Crippen molar-refractivity contribution in [3.8, 4) is 11.8 Å². The molecule has 0 spiro atoms. The fourth-order valence-corrected chi connectivity index (χ4v) is 0.946. The van der Waals surface area contributed by atoms with Gasteiger partial charge in [0.2, 0.25) is 5.78 Å². The number of ketones is 1. The number of carbonyl (C=O) groups is 1. The molecule has 0 saturated heterocycles. The average molecular weight is 204 g/mol. The molecule has 0 N–H and O–H groups in total. The van der Waals surface area contributed by atoms with Crippen LogP contribution < -0.4 is 0 Å². The van der Waals surface area contributed by atoms with Crippen LogP contribution in [0.5, 0.6) is 0 Å². The minimum atomic E-state index is -0.418. The first-order valence-electron chi connectivity index (χ1n) is 4.71. The maximum absolute atomic E-state index is 12.8. The predicted molar refractivity (Wildman–Crippen MR) is 58.0 cm³/mol. The Morgan fingerprint density at radius 3 is 2.53 bits per heavy atom. The third-order valence-corrected chi connectivity index (χ3v) is 1.64. The molecule has 0 atom stereocenters. The van der Waals surface area contributed by atoms with Gasteiger partial charge < -0.3 is 0 Å². The molecule has 0 bridgehead atoms. The fraction of sp³-hybridized carbons (Fsp3) is 0.308. The summed E-state index contributed by atoms with van der Waals surface area (Å²) in [5, 5.41) is 0. The standard InChI is InChI=1S/C13H13FO/c1-13(2,3)8-7-12(15)10-5-4-6-11(14)9-10/h4-6,9H,1-3H3. The number of halogens is 1. The summed E-state index contributed by atoms with van der Waals surface area (Å²) < 4.78 is 12.8. The number of hydrogen-bond donors (Lipinski definition) is 0. The first kappa shape index (κ1) is 11.5. The summed E-state index contributed by atoms with van der Waals surface area (Å²) in [5.74, 6) is 4.57. The van der Waals surface area contributed by atoms with Crippen molar-refractivity contribution in [3.63, 3.8) is 0 Å². The molecule has 1 nitrogen and oxygen atoms in total. The lowest BCUT2D eigenvalue weighted by Crippen LogP contribution is -2.02. The molecule has 78 valence electrons. The molecule has 0 aliphatic carbocycles. The minimum Gasteiger partial charge on any atom is -0.279 e. The van der Waals surface area contributed by atoms with Crippen LogP contribution in [0.15, 0.2) is 24.3 Å². The van der Waals surface area contributed by atoms with Crippen LogP contribution in [0, 0.1) is 23.1 Å². The lowest BCUT2D eigenvalue weighted by molar-refractivity contribution is 0.105. The normalized spacial score (nSPS) is 10.4. The molecule has 1 rings (SSSR count). The smallest absolute Gasteiger partial charge is 0.236 e. The Hall–Kier alpha value is -1.62. The van der Waals surface area contributed by atoms with E-state index in [1.807, 2.05) is 20.8 Å². The van der Waals surface area contributed by atoms with E-state index in [2.05, 4.69) is 11.8 Å². The van der Waals surface area contributed by atoms with E-state index in [1.165, 1.54) is 18.2 Å². The van der Waals surface area contributed by atoms with Crippen LogP contribution in [0.25, 0.3) is 0 Å². The molecule has 0 heterocycles. The van der Waals surface area contributed by atoms with Crippen LogP contribution in [0.3, 0.4) is 0 Å². The zero-order valence-corrected chi connectivity index (χ0v) is 9.10. The summed E-state index contributed by atoms with van der Waals surface area (Å²) in [6, 6.07) is 5.55. The van der Waals surface area contributed by atoms with E-state index >= 15 is 0 Å². The molecule has 0 aromatic heterocycles. The number of rotatable bonds is 1. The molecule has 0 saturated carbocycles. The van der Waals surface area contributed by atoms with Crippen LogP contribution in [0.1, 0.15) is 31.1 Å². The number of hydrogen-bond acceptors (Lipinski definition) is 1. The maximum Gasteiger partial charge on any atom is 0.236 e. The molecule has 0 radical (unpaired) electrons.